The van der Waals surface area contributed by atoms with Crippen molar-refractivity contribution in [3.63, 3.8) is 0 Å². The third-order valence-electron chi connectivity index (χ3n) is 4.39. The molecule has 1 heterocycles. The van der Waals surface area contributed by atoms with Gasteiger partial charge in [-0.2, -0.15) is 0 Å². The third-order valence-corrected chi connectivity index (χ3v) is 4.39. The Hall–Kier alpha value is -3.08. The molecule has 1 N–H and O–H groups in total. The number of carbonyl (C=O) groups is 1. The molecule has 3 aromatic rings. The van der Waals surface area contributed by atoms with Crippen molar-refractivity contribution in [2.24, 2.45) is 0 Å². The highest BCUT2D eigenvalue weighted by molar-refractivity contribution is 5.92. The average Bonchev–Trinajstić information content (AvgIpc) is 2.60. The molecule has 0 aliphatic heterocycles. The van der Waals surface area contributed by atoms with Gasteiger partial charge in [-0.15, -0.1) is 0 Å². The molecule has 25 heavy (non-hydrogen) atoms. The zero-order valence-electron chi connectivity index (χ0n) is 14.4. The van der Waals surface area contributed by atoms with Crippen molar-refractivity contribution >= 4 is 22.7 Å². The standard InChI is InChI=1S/C20H20N2O3/c1-13-11-19(23)25-18-12-16(9-10-17(13)18)21-20(24)22(3)14(2)15-7-5-4-6-8-15/h4-12,14H,1-3H3,(H,21,24)/t14-/m0/s1. The van der Waals surface area contributed by atoms with Crippen LogP contribution in [0.15, 0.2) is 63.8 Å². The van der Waals surface area contributed by atoms with Gasteiger partial charge in [0.05, 0.1) is 6.04 Å². The molecule has 0 saturated carbocycles. The second-order valence-corrected chi connectivity index (χ2v) is 6.09. The Labute approximate surface area is 145 Å². The Morgan fingerprint density at radius 3 is 2.56 bits per heavy atom. The Bertz CT molecular complexity index is 964. The molecule has 0 aliphatic carbocycles. The summed E-state index contributed by atoms with van der Waals surface area (Å²) in [6.07, 6.45) is 0. The predicted molar refractivity (Wildman–Crippen MR) is 98.9 cm³/mol. The molecule has 0 spiro atoms. The van der Waals surface area contributed by atoms with Gasteiger partial charge in [-0.05, 0) is 37.1 Å². The number of nitrogens with one attached hydrogen (secondary N) is 1. The van der Waals surface area contributed by atoms with Crippen LogP contribution >= 0.6 is 0 Å². The van der Waals surface area contributed by atoms with E-state index < -0.39 is 5.63 Å². The minimum absolute atomic E-state index is 0.0677. The third kappa shape index (κ3) is 3.55. The summed E-state index contributed by atoms with van der Waals surface area (Å²) in [6, 6.07) is 16.3. The number of anilines is 1. The van der Waals surface area contributed by atoms with E-state index in [4.69, 9.17) is 4.42 Å². The fraction of sp³-hybridized carbons (Fsp3) is 0.200. The molecule has 1 aromatic heterocycles. The van der Waals surface area contributed by atoms with Gasteiger partial charge in [0.2, 0.25) is 0 Å². The monoisotopic (exact) mass is 336 g/mol. The topological polar surface area (TPSA) is 62.6 Å². The molecule has 0 fully saturated rings. The van der Waals surface area contributed by atoms with Gasteiger partial charge >= 0.3 is 11.7 Å². The quantitative estimate of drug-likeness (QED) is 0.724. The normalized spacial score (nSPS) is 12.0. The van der Waals surface area contributed by atoms with Crippen molar-refractivity contribution in [1.29, 1.82) is 0 Å². The fourth-order valence-corrected chi connectivity index (χ4v) is 2.75. The molecule has 0 unspecified atom stereocenters. The lowest BCUT2D eigenvalue weighted by Gasteiger charge is -2.25. The summed E-state index contributed by atoms with van der Waals surface area (Å²) in [5, 5.41) is 3.70. The largest absolute Gasteiger partial charge is 0.423 e. The lowest BCUT2D eigenvalue weighted by Crippen LogP contribution is -2.33. The van der Waals surface area contributed by atoms with Crippen LogP contribution in [0.2, 0.25) is 0 Å². The zero-order valence-corrected chi connectivity index (χ0v) is 14.4. The van der Waals surface area contributed by atoms with Crippen molar-refractivity contribution in [3.8, 4) is 0 Å². The summed E-state index contributed by atoms with van der Waals surface area (Å²) in [5.41, 5.74) is 2.54. The van der Waals surface area contributed by atoms with Crippen molar-refractivity contribution in [3.05, 3.63) is 76.1 Å². The molecule has 0 radical (unpaired) electrons. The number of benzene rings is 2. The SMILES string of the molecule is Cc1cc(=O)oc2cc(NC(=O)N(C)[C@@H](C)c3ccccc3)ccc12. The van der Waals surface area contributed by atoms with Gasteiger partial charge in [0, 0.05) is 30.3 Å². The van der Waals surface area contributed by atoms with Gasteiger partial charge in [0.1, 0.15) is 5.58 Å². The molecule has 5 heteroatoms. The summed E-state index contributed by atoms with van der Waals surface area (Å²) in [4.78, 5) is 25.7. The van der Waals surface area contributed by atoms with E-state index in [1.165, 1.54) is 6.07 Å². The summed E-state index contributed by atoms with van der Waals surface area (Å²) >= 11 is 0. The molecule has 3 rings (SSSR count). The van der Waals surface area contributed by atoms with Crippen LogP contribution in [0.1, 0.15) is 24.1 Å². The lowest BCUT2D eigenvalue weighted by molar-refractivity contribution is 0.208. The predicted octanol–water partition coefficient (Wildman–Crippen LogP) is 4.33. The molecule has 128 valence electrons. The maximum atomic E-state index is 12.5. The van der Waals surface area contributed by atoms with E-state index in [2.05, 4.69) is 5.32 Å². The van der Waals surface area contributed by atoms with Gasteiger partial charge in [-0.1, -0.05) is 30.3 Å². The summed E-state index contributed by atoms with van der Waals surface area (Å²) in [6.45, 7) is 3.82. The Balaban J connectivity index is 1.80. The number of aryl methyl sites for hydroxylation is 1. The first-order valence-electron chi connectivity index (χ1n) is 8.09. The van der Waals surface area contributed by atoms with E-state index in [1.807, 2.05) is 50.2 Å². The smallest absolute Gasteiger partial charge is 0.336 e. The summed E-state index contributed by atoms with van der Waals surface area (Å²) in [7, 11) is 1.75. The Morgan fingerprint density at radius 2 is 1.84 bits per heavy atom. The van der Waals surface area contributed by atoms with E-state index in [9.17, 15) is 9.59 Å². The molecular weight excluding hydrogens is 316 g/mol. The van der Waals surface area contributed by atoms with Crippen LogP contribution in [-0.4, -0.2) is 18.0 Å². The van der Waals surface area contributed by atoms with E-state index >= 15 is 0 Å². The number of carbonyl (C=O) groups excluding carboxylic acids is 1. The summed E-state index contributed by atoms with van der Waals surface area (Å²) < 4.78 is 5.22. The van der Waals surface area contributed by atoms with Crippen LogP contribution in [-0.2, 0) is 0 Å². The number of urea groups is 1. The first kappa shape index (κ1) is 16.8. The van der Waals surface area contributed by atoms with Crippen LogP contribution in [0.3, 0.4) is 0 Å². The van der Waals surface area contributed by atoms with Gasteiger partial charge in [-0.25, -0.2) is 9.59 Å². The molecule has 5 nitrogen and oxygen atoms in total. The minimum Gasteiger partial charge on any atom is -0.423 e. The molecule has 1 atom stereocenters. The molecule has 2 aromatic carbocycles. The highest BCUT2D eigenvalue weighted by Crippen LogP contribution is 2.23. The maximum Gasteiger partial charge on any atom is 0.336 e. The average molecular weight is 336 g/mol. The molecule has 0 saturated heterocycles. The van der Waals surface area contributed by atoms with Gasteiger partial charge in [0.25, 0.3) is 0 Å². The number of hydrogen-bond acceptors (Lipinski definition) is 3. The van der Waals surface area contributed by atoms with Gasteiger partial charge in [0.15, 0.2) is 0 Å². The molecular formula is C20H20N2O3. The van der Waals surface area contributed by atoms with Crippen LogP contribution in [0.4, 0.5) is 10.5 Å². The minimum atomic E-state index is -0.400. The van der Waals surface area contributed by atoms with Gasteiger partial charge < -0.3 is 14.6 Å². The number of rotatable bonds is 3. The molecule has 2 amide bonds. The van der Waals surface area contributed by atoms with Crippen LogP contribution < -0.4 is 10.9 Å². The van der Waals surface area contributed by atoms with Crippen LogP contribution in [0.25, 0.3) is 11.0 Å². The second-order valence-electron chi connectivity index (χ2n) is 6.09. The highest BCUT2D eigenvalue weighted by Gasteiger charge is 2.17. The number of nitrogens with zero attached hydrogens (tertiary/aromatic N) is 1. The van der Waals surface area contributed by atoms with E-state index in [-0.39, 0.29) is 12.1 Å². The van der Waals surface area contributed by atoms with E-state index in [0.29, 0.717) is 11.3 Å². The number of hydrogen-bond donors (Lipinski definition) is 1. The van der Waals surface area contributed by atoms with E-state index in [0.717, 1.165) is 16.5 Å². The van der Waals surface area contributed by atoms with Crippen LogP contribution in [0, 0.1) is 6.92 Å². The molecule has 0 aliphatic rings. The van der Waals surface area contributed by atoms with Crippen molar-refractivity contribution in [2.45, 2.75) is 19.9 Å². The van der Waals surface area contributed by atoms with Crippen molar-refractivity contribution < 1.29 is 9.21 Å². The highest BCUT2D eigenvalue weighted by atomic mass is 16.4. The zero-order chi connectivity index (χ0) is 18.0. The molecule has 0 bridgehead atoms. The fourth-order valence-electron chi connectivity index (χ4n) is 2.75. The Kier molecular flexibility index (Phi) is 4.57. The number of fused-ring (bicyclic) bond motifs is 1. The first-order valence-corrected chi connectivity index (χ1v) is 8.09. The van der Waals surface area contributed by atoms with Gasteiger partial charge in [-0.3, -0.25) is 0 Å². The van der Waals surface area contributed by atoms with Crippen LogP contribution in [0.5, 0.6) is 0 Å². The van der Waals surface area contributed by atoms with Crippen molar-refractivity contribution in [2.75, 3.05) is 12.4 Å². The summed E-state index contributed by atoms with van der Waals surface area (Å²) in [5.74, 6) is 0. The van der Waals surface area contributed by atoms with E-state index in [1.54, 1.807) is 24.1 Å². The number of amides is 2. The van der Waals surface area contributed by atoms with Crippen molar-refractivity contribution in [1.82, 2.24) is 4.90 Å². The Morgan fingerprint density at radius 1 is 1.12 bits per heavy atom. The maximum absolute atomic E-state index is 12.5. The second kappa shape index (κ2) is 6.81. The first-order chi connectivity index (χ1) is 12.0. The lowest BCUT2D eigenvalue weighted by atomic mass is 10.1.